The normalized spacial score (nSPS) is 22.7. The number of anilines is 1. The fourth-order valence-electron chi connectivity index (χ4n) is 4.17. The van der Waals surface area contributed by atoms with Crippen molar-refractivity contribution in [3.05, 3.63) is 29.8 Å². The number of rotatable bonds is 5. The first-order chi connectivity index (χ1) is 13.1. The van der Waals surface area contributed by atoms with Crippen LogP contribution in [-0.2, 0) is 14.3 Å². The molecule has 0 amide bonds. The summed E-state index contributed by atoms with van der Waals surface area (Å²) in [5, 5.41) is 0. The molecule has 2 atom stereocenters. The molecule has 164 valence electrons. The zero-order valence-corrected chi connectivity index (χ0v) is 18.5. The predicted molar refractivity (Wildman–Crippen MR) is 118 cm³/mol. The van der Waals surface area contributed by atoms with Gasteiger partial charge in [0.1, 0.15) is 12.0 Å². The van der Waals surface area contributed by atoms with E-state index >= 15 is 0 Å². The Balaban J connectivity index is 0.00000210. The van der Waals surface area contributed by atoms with E-state index in [2.05, 4.69) is 4.90 Å². The zero-order chi connectivity index (χ0) is 19.2. The molecule has 1 heterocycles. The van der Waals surface area contributed by atoms with Gasteiger partial charge < -0.3 is 15.2 Å². The van der Waals surface area contributed by atoms with E-state index in [0.29, 0.717) is 36.9 Å². The lowest BCUT2D eigenvalue weighted by Crippen LogP contribution is -2.52. The Bertz CT molecular complexity index is 651. The van der Waals surface area contributed by atoms with Crippen molar-refractivity contribution in [2.75, 3.05) is 25.4 Å². The van der Waals surface area contributed by atoms with E-state index in [1.807, 2.05) is 0 Å². The number of nitrogen functional groups attached to an aromatic ring is 1. The number of halogens is 2. The Morgan fingerprint density at radius 2 is 1.72 bits per heavy atom. The van der Waals surface area contributed by atoms with Gasteiger partial charge in [-0.1, -0.05) is 19.3 Å². The van der Waals surface area contributed by atoms with Crippen LogP contribution >= 0.6 is 24.8 Å². The van der Waals surface area contributed by atoms with Gasteiger partial charge >= 0.3 is 11.9 Å². The van der Waals surface area contributed by atoms with E-state index in [1.54, 1.807) is 31.2 Å². The first kappa shape index (κ1) is 25.5. The van der Waals surface area contributed by atoms with Crippen LogP contribution in [0.5, 0.6) is 0 Å². The fraction of sp³-hybridized carbons (Fsp3) is 0.619. The quantitative estimate of drug-likeness (QED) is 0.546. The molecule has 3 rings (SSSR count). The molecule has 2 aliphatic rings. The molecule has 0 radical (unpaired) electrons. The first-order valence-corrected chi connectivity index (χ1v) is 10.1. The largest absolute Gasteiger partial charge is 0.466 e. The number of benzene rings is 1. The molecule has 1 aromatic rings. The number of ether oxygens (including phenoxy) is 2. The van der Waals surface area contributed by atoms with Crippen LogP contribution in [-0.4, -0.2) is 48.7 Å². The minimum atomic E-state index is -0.450. The number of hydrogen-bond acceptors (Lipinski definition) is 6. The number of esters is 2. The summed E-state index contributed by atoms with van der Waals surface area (Å²) < 4.78 is 11.0. The van der Waals surface area contributed by atoms with Gasteiger partial charge in [0.25, 0.3) is 0 Å². The van der Waals surface area contributed by atoms with Crippen LogP contribution in [0.3, 0.4) is 0 Å². The minimum Gasteiger partial charge on any atom is -0.466 e. The average Bonchev–Trinajstić information content (AvgIpc) is 2.69. The molecular weight excluding hydrogens is 415 g/mol. The van der Waals surface area contributed by atoms with Crippen LogP contribution in [0.1, 0.15) is 55.8 Å². The average molecular weight is 447 g/mol. The van der Waals surface area contributed by atoms with Crippen LogP contribution < -0.4 is 5.73 Å². The first-order valence-electron chi connectivity index (χ1n) is 10.1. The van der Waals surface area contributed by atoms with Crippen molar-refractivity contribution in [1.82, 2.24) is 4.90 Å². The topological polar surface area (TPSA) is 81.9 Å². The van der Waals surface area contributed by atoms with Gasteiger partial charge in [-0.2, -0.15) is 0 Å². The maximum Gasteiger partial charge on any atom is 0.338 e. The summed E-state index contributed by atoms with van der Waals surface area (Å²) in [7, 11) is 0. The summed E-state index contributed by atoms with van der Waals surface area (Å²) in [5.41, 5.74) is 6.71. The van der Waals surface area contributed by atoms with Crippen LogP contribution in [0.15, 0.2) is 24.3 Å². The number of hydrogen-bond donors (Lipinski definition) is 1. The highest BCUT2D eigenvalue weighted by Crippen LogP contribution is 2.29. The second kappa shape index (κ2) is 12.3. The molecule has 1 saturated carbocycles. The van der Waals surface area contributed by atoms with Gasteiger partial charge in [-0.25, -0.2) is 4.79 Å². The molecule has 2 unspecified atom stereocenters. The highest BCUT2D eigenvalue weighted by Gasteiger charge is 2.40. The van der Waals surface area contributed by atoms with E-state index in [-0.39, 0.29) is 30.8 Å². The van der Waals surface area contributed by atoms with Crippen molar-refractivity contribution in [2.24, 2.45) is 5.92 Å². The van der Waals surface area contributed by atoms with Crippen molar-refractivity contribution in [1.29, 1.82) is 0 Å². The number of likely N-dealkylation sites (tertiary alicyclic amines) is 1. The molecule has 29 heavy (non-hydrogen) atoms. The Hall–Kier alpha value is -1.50. The molecule has 2 fully saturated rings. The third-order valence-corrected chi connectivity index (χ3v) is 5.67. The van der Waals surface area contributed by atoms with Crippen molar-refractivity contribution in [2.45, 2.75) is 57.6 Å². The third kappa shape index (κ3) is 6.76. The summed E-state index contributed by atoms with van der Waals surface area (Å²) >= 11 is 0. The molecule has 6 nitrogen and oxygen atoms in total. The van der Waals surface area contributed by atoms with Gasteiger partial charge in [0.2, 0.25) is 0 Å². The molecule has 0 aromatic heterocycles. The summed E-state index contributed by atoms with van der Waals surface area (Å²) in [4.78, 5) is 27.4. The monoisotopic (exact) mass is 446 g/mol. The molecule has 0 spiro atoms. The molecule has 1 aliphatic heterocycles. The highest BCUT2D eigenvalue weighted by molar-refractivity contribution is 5.90. The predicted octanol–water partition coefficient (Wildman–Crippen LogP) is 3.86. The second-order valence-corrected chi connectivity index (χ2v) is 7.50. The summed E-state index contributed by atoms with van der Waals surface area (Å²) in [6.45, 7) is 3.58. The van der Waals surface area contributed by atoms with Crippen LogP contribution in [0.25, 0.3) is 0 Å². The Labute approximate surface area is 185 Å². The summed E-state index contributed by atoms with van der Waals surface area (Å²) in [6.07, 6.45) is 6.38. The van der Waals surface area contributed by atoms with Crippen LogP contribution in [0.2, 0.25) is 0 Å². The van der Waals surface area contributed by atoms with E-state index in [0.717, 1.165) is 6.54 Å². The maximum absolute atomic E-state index is 12.5. The Morgan fingerprint density at radius 3 is 2.34 bits per heavy atom. The third-order valence-electron chi connectivity index (χ3n) is 5.67. The molecule has 1 saturated heterocycles. The van der Waals surface area contributed by atoms with E-state index in [1.165, 1.54) is 32.1 Å². The second-order valence-electron chi connectivity index (χ2n) is 7.50. The number of nitrogens with two attached hydrogens (primary N) is 1. The number of carbonyl (C=O) groups excluding carboxylic acids is 2. The molecule has 1 aliphatic carbocycles. The van der Waals surface area contributed by atoms with Crippen molar-refractivity contribution >= 4 is 42.4 Å². The van der Waals surface area contributed by atoms with Crippen molar-refractivity contribution in [3.63, 3.8) is 0 Å². The number of nitrogens with zero attached hydrogens (tertiary/aromatic N) is 1. The van der Waals surface area contributed by atoms with Crippen LogP contribution in [0.4, 0.5) is 5.69 Å². The van der Waals surface area contributed by atoms with E-state index < -0.39 is 18.0 Å². The molecule has 0 bridgehead atoms. The zero-order valence-electron chi connectivity index (χ0n) is 16.9. The van der Waals surface area contributed by atoms with Gasteiger partial charge in [0.05, 0.1) is 12.2 Å². The van der Waals surface area contributed by atoms with E-state index in [9.17, 15) is 9.59 Å². The molecule has 1 aromatic carbocycles. The lowest BCUT2D eigenvalue weighted by molar-refractivity contribution is -0.156. The Morgan fingerprint density at radius 1 is 1.07 bits per heavy atom. The van der Waals surface area contributed by atoms with E-state index in [4.69, 9.17) is 15.2 Å². The SMILES string of the molecule is CCOC(=O)C1CN(C2CCCCC2)CCC1OC(=O)c1ccc(N)cc1.Cl.Cl. The van der Waals surface area contributed by atoms with Gasteiger partial charge in [0.15, 0.2) is 0 Å². The van der Waals surface area contributed by atoms with Gasteiger partial charge in [0, 0.05) is 24.8 Å². The van der Waals surface area contributed by atoms with Crippen molar-refractivity contribution in [3.8, 4) is 0 Å². The number of piperidine rings is 1. The van der Waals surface area contributed by atoms with Gasteiger partial charge in [-0.05, 0) is 50.5 Å². The minimum absolute atomic E-state index is 0. The lowest BCUT2D eigenvalue weighted by Gasteiger charge is -2.42. The highest BCUT2D eigenvalue weighted by atomic mass is 35.5. The molecule has 8 heteroatoms. The molecule has 2 N–H and O–H groups in total. The van der Waals surface area contributed by atoms with Gasteiger partial charge in [-0.3, -0.25) is 9.69 Å². The Kier molecular flexibility index (Phi) is 10.8. The van der Waals surface area contributed by atoms with Gasteiger partial charge in [-0.15, -0.1) is 24.8 Å². The lowest BCUT2D eigenvalue weighted by atomic mass is 9.88. The summed E-state index contributed by atoms with van der Waals surface area (Å²) in [6, 6.07) is 7.17. The maximum atomic E-state index is 12.5. The molecular formula is C21H32Cl2N2O4. The van der Waals surface area contributed by atoms with Crippen molar-refractivity contribution < 1.29 is 19.1 Å². The fourth-order valence-corrected chi connectivity index (χ4v) is 4.17. The standard InChI is InChI=1S/C21H30N2O4.2ClH/c1-2-26-21(25)18-14-23(17-6-4-3-5-7-17)13-12-19(18)27-20(24)15-8-10-16(22)11-9-15;;/h8-11,17-19H,2-7,12-14,22H2,1H3;2*1H. The number of carbonyl (C=O) groups is 2. The smallest absolute Gasteiger partial charge is 0.338 e. The van der Waals surface area contributed by atoms with Crippen LogP contribution in [0, 0.1) is 5.92 Å². The summed E-state index contributed by atoms with van der Waals surface area (Å²) in [5.74, 6) is -1.12.